The molecule has 0 unspecified atom stereocenters. The Bertz CT molecular complexity index is 416. The van der Waals surface area contributed by atoms with Crippen LogP contribution < -0.4 is 10.6 Å². The number of hydrogen-bond donors (Lipinski definition) is 2. The van der Waals surface area contributed by atoms with Crippen molar-refractivity contribution >= 4 is 27.7 Å². The van der Waals surface area contributed by atoms with Crippen LogP contribution in [-0.2, 0) is 4.79 Å². The minimum absolute atomic E-state index is 0.0129. The maximum absolute atomic E-state index is 11.9. The highest BCUT2D eigenvalue weighted by molar-refractivity contribution is 9.10. The van der Waals surface area contributed by atoms with Crippen molar-refractivity contribution in [2.45, 2.75) is 32.2 Å². The molecule has 2 heterocycles. The Morgan fingerprint density at radius 1 is 1.59 bits per heavy atom. The van der Waals surface area contributed by atoms with Gasteiger partial charge in [0, 0.05) is 10.7 Å². The van der Waals surface area contributed by atoms with E-state index in [1.807, 2.05) is 13.0 Å². The van der Waals surface area contributed by atoms with Crippen LogP contribution in [0.4, 0.5) is 5.82 Å². The Kier molecular flexibility index (Phi) is 4.12. The second kappa shape index (κ2) is 5.60. The van der Waals surface area contributed by atoms with Gasteiger partial charge >= 0.3 is 0 Å². The highest BCUT2D eigenvalue weighted by atomic mass is 79.9. The molecule has 1 amide bonds. The van der Waals surface area contributed by atoms with Crippen LogP contribution in [0.1, 0.15) is 24.8 Å². The van der Waals surface area contributed by atoms with Gasteiger partial charge in [-0.25, -0.2) is 4.98 Å². The molecule has 1 aromatic rings. The molecule has 0 bridgehead atoms. The van der Waals surface area contributed by atoms with Crippen LogP contribution in [0.5, 0.6) is 0 Å². The van der Waals surface area contributed by atoms with Crippen LogP contribution in [0.3, 0.4) is 0 Å². The first-order valence-corrected chi connectivity index (χ1v) is 6.62. The average Bonchev–Trinajstić information content (AvgIpc) is 2.35. The van der Waals surface area contributed by atoms with Crippen LogP contribution in [0.25, 0.3) is 0 Å². The number of nitrogens with zero attached hydrogens (tertiary/aromatic N) is 1. The number of carbonyl (C=O) groups is 1. The Labute approximate surface area is 109 Å². The summed E-state index contributed by atoms with van der Waals surface area (Å²) in [5, 5.41) is 6.06. The quantitative estimate of drug-likeness (QED) is 0.880. The summed E-state index contributed by atoms with van der Waals surface area (Å²) in [7, 11) is 0. The minimum atomic E-state index is -0.0745. The first-order valence-electron chi connectivity index (χ1n) is 5.83. The molecule has 5 heteroatoms. The van der Waals surface area contributed by atoms with E-state index in [0.29, 0.717) is 5.82 Å². The lowest BCUT2D eigenvalue weighted by molar-refractivity contribution is -0.118. The summed E-state index contributed by atoms with van der Waals surface area (Å²) in [5.74, 6) is 0.627. The lowest BCUT2D eigenvalue weighted by Crippen LogP contribution is -2.43. The van der Waals surface area contributed by atoms with Crippen molar-refractivity contribution in [3.05, 3.63) is 22.3 Å². The smallest absolute Gasteiger partial charge is 0.242 e. The Hall–Kier alpha value is -0.940. The molecule has 0 aliphatic carbocycles. The number of piperidine rings is 1. The van der Waals surface area contributed by atoms with E-state index < -0.39 is 0 Å². The maximum Gasteiger partial charge on any atom is 0.242 e. The number of carbonyl (C=O) groups excluding carboxylic acids is 1. The molecule has 1 aliphatic rings. The number of hydrogen-bond acceptors (Lipinski definition) is 3. The van der Waals surface area contributed by atoms with Crippen molar-refractivity contribution in [2.24, 2.45) is 0 Å². The number of aromatic nitrogens is 1. The van der Waals surface area contributed by atoms with Gasteiger partial charge in [0.05, 0.1) is 6.04 Å². The van der Waals surface area contributed by atoms with Crippen LogP contribution in [0, 0.1) is 6.92 Å². The second-order valence-electron chi connectivity index (χ2n) is 4.31. The van der Waals surface area contributed by atoms with Crippen molar-refractivity contribution in [1.82, 2.24) is 10.3 Å². The summed E-state index contributed by atoms with van der Waals surface area (Å²) in [6.45, 7) is 2.89. The van der Waals surface area contributed by atoms with Gasteiger partial charge < -0.3 is 10.6 Å². The van der Waals surface area contributed by atoms with Crippen molar-refractivity contribution in [2.75, 3.05) is 11.9 Å². The van der Waals surface area contributed by atoms with E-state index in [4.69, 9.17) is 0 Å². The first kappa shape index (κ1) is 12.5. The SMILES string of the molecule is Cc1cc(NC(=O)[C@H]2CCCCN2)ncc1Br. The Morgan fingerprint density at radius 2 is 2.41 bits per heavy atom. The molecule has 1 saturated heterocycles. The molecule has 2 rings (SSSR count). The molecule has 1 aliphatic heterocycles. The first-order chi connectivity index (χ1) is 8.16. The molecule has 2 N–H and O–H groups in total. The summed E-state index contributed by atoms with van der Waals surface area (Å²) in [6.07, 6.45) is 4.87. The molecule has 4 nitrogen and oxygen atoms in total. The van der Waals surface area contributed by atoms with Crippen LogP contribution in [0.15, 0.2) is 16.7 Å². The largest absolute Gasteiger partial charge is 0.309 e. The van der Waals surface area contributed by atoms with E-state index in [9.17, 15) is 4.79 Å². The topological polar surface area (TPSA) is 54.0 Å². The highest BCUT2D eigenvalue weighted by Gasteiger charge is 2.20. The van der Waals surface area contributed by atoms with E-state index >= 15 is 0 Å². The normalized spacial score (nSPS) is 20.0. The highest BCUT2D eigenvalue weighted by Crippen LogP contribution is 2.17. The molecule has 1 aromatic heterocycles. The lowest BCUT2D eigenvalue weighted by atomic mass is 10.0. The third-order valence-electron chi connectivity index (χ3n) is 2.92. The average molecular weight is 298 g/mol. The second-order valence-corrected chi connectivity index (χ2v) is 5.16. The number of aryl methyl sites for hydroxylation is 1. The van der Waals surface area contributed by atoms with Crippen molar-refractivity contribution in [3.63, 3.8) is 0 Å². The number of anilines is 1. The number of nitrogens with one attached hydrogen (secondary N) is 2. The van der Waals surface area contributed by atoms with Gasteiger partial charge in [-0.3, -0.25) is 4.79 Å². The Morgan fingerprint density at radius 3 is 3.06 bits per heavy atom. The third kappa shape index (κ3) is 3.26. The monoisotopic (exact) mass is 297 g/mol. The van der Waals surface area contributed by atoms with Crippen LogP contribution in [0.2, 0.25) is 0 Å². The fourth-order valence-corrected chi connectivity index (χ4v) is 2.11. The zero-order valence-electron chi connectivity index (χ0n) is 9.79. The van der Waals surface area contributed by atoms with E-state index in [-0.39, 0.29) is 11.9 Å². The minimum Gasteiger partial charge on any atom is -0.309 e. The van der Waals surface area contributed by atoms with Crippen molar-refractivity contribution in [1.29, 1.82) is 0 Å². The van der Waals surface area contributed by atoms with E-state index in [1.54, 1.807) is 6.20 Å². The van der Waals surface area contributed by atoms with Crippen molar-refractivity contribution < 1.29 is 4.79 Å². The maximum atomic E-state index is 11.9. The van der Waals surface area contributed by atoms with E-state index in [1.165, 1.54) is 0 Å². The zero-order valence-corrected chi connectivity index (χ0v) is 11.4. The van der Waals surface area contributed by atoms with Gasteiger partial charge in [-0.05, 0) is 53.9 Å². The fourth-order valence-electron chi connectivity index (χ4n) is 1.90. The molecule has 0 radical (unpaired) electrons. The summed E-state index contributed by atoms with van der Waals surface area (Å²) < 4.78 is 0.950. The van der Waals surface area contributed by atoms with Crippen molar-refractivity contribution in [3.8, 4) is 0 Å². The predicted octanol–water partition coefficient (Wildman–Crippen LogP) is 2.23. The molecule has 0 aromatic carbocycles. The summed E-state index contributed by atoms with van der Waals surface area (Å²) in [4.78, 5) is 16.1. The predicted molar refractivity (Wildman–Crippen MR) is 70.9 cm³/mol. The number of pyridine rings is 1. The van der Waals surface area contributed by atoms with Crippen LogP contribution in [-0.4, -0.2) is 23.5 Å². The molecule has 92 valence electrons. The summed E-state index contributed by atoms with van der Waals surface area (Å²) >= 11 is 3.38. The lowest BCUT2D eigenvalue weighted by Gasteiger charge is -2.22. The third-order valence-corrected chi connectivity index (χ3v) is 3.76. The fraction of sp³-hybridized carbons (Fsp3) is 0.500. The molecular formula is C12H16BrN3O. The number of rotatable bonds is 2. The molecule has 1 atom stereocenters. The molecule has 0 spiro atoms. The van der Waals surface area contributed by atoms with Crippen LogP contribution >= 0.6 is 15.9 Å². The molecule has 17 heavy (non-hydrogen) atoms. The summed E-state index contributed by atoms with van der Waals surface area (Å²) in [6, 6.07) is 1.79. The Balaban J connectivity index is 1.99. The van der Waals surface area contributed by atoms with Gasteiger partial charge in [0.1, 0.15) is 5.82 Å². The molecule has 1 fully saturated rings. The molecular weight excluding hydrogens is 282 g/mol. The number of amides is 1. The van der Waals surface area contributed by atoms with Gasteiger partial charge in [0.2, 0.25) is 5.91 Å². The van der Waals surface area contributed by atoms with Gasteiger partial charge in [0.25, 0.3) is 0 Å². The zero-order chi connectivity index (χ0) is 12.3. The van der Waals surface area contributed by atoms with Gasteiger partial charge in [-0.1, -0.05) is 6.42 Å². The standard InChI is InChI=1S/C12H16BrN3O/c1-8-6-11(15-7-9(8)13)16-12(17)10-4-2-3-5-14-10/h6-7,10,14H,2-5H2,1H3,(H,15,16,17)/t10-/m1/s1. The van der Waals surface area contributed by atoms with Gasteiger partial charge in [-0.15, -0.1) is 0 Å². The van der Waals surface area contributed by atoms with Gasteiger partial charge in [0.15, 0.2) is 0 Å². The van der Waals surface area contributed by atoms with Gasteiger partial charge in [-0.2, -0.15) is 0 Å². The summed E-state index contributed by atoms with van der Waals surface area (Å²) in [5.41, 5.74) is 1.06. The van der Waals surface area contributed by atoms with E-state index in [0.717, 1.165) is 35.8 Å². The van der Waals surface area contributed by atoms with E-state index in [2.05, 4.69) is 31.5 Å². The molecule has 0 saturated carbocycles. The number of halogens is 1.